The summed E-state index contributed by atoms with van der Waals surface area (Å²) in [6.45, 7) is 5.80. The fourth-order valence-corrected chi connectivity index (χ4v) is 2.07. The molecular weight excluding hydrogens is 238 g/mol. The molecule has 0 aromatic carbocycles. The van der Waals surface area contributed by atoms with Crippen LogP contribution in [-0.4, -0.2) is 55.0 Å². The second-order valence-corrected chi connectivity index (χ2v) is 5.10. The largest absolute Gasteiger partial charge is 0.340 e. The third-order valence-corrected chi connectivity index (χ3v) is 3.75. The molecule has 1 aliphatic heterocycles. The average molecular weight is 264 g/mol. The lowest BCUT2D eigenvalue weighted by Gasteiger charge is -2.25. The summed E-state index contributed by atoms with van der Waals surface area (Å²) in [5.41, 5.74) is 5.97. The van der Waals surface area contributed by atoms with E-state index >= 15 is 0 Å². The van der Waals surface area contributed by atoms with Gasteiger partial charge in [0.1, 0.15) is 0 Å². The molecule has 1 heterocycles. The van der Waals surface area contributed by atoms with Crippen molar-refractivity contribution in [3.05, 3.63) is 0 Å². The Bertz CT molecular complexity index is 248. The van der Waals surface area contributed by atoms with Crippen LogP contribution in [0.4, 0.5) is 0 Å². The Morgan fingerprint density at radius 2 is 2.12 bits per heavy atom. The molecule has 0 bridgehead atoms. The predicted molar refractivity (Wildman–Crippen MR) is 73.4 cm³/mol. The molecule has 2 N–H and O–H groups in total. The molecule has 4 nitrogen and oxygen atoms in total. The van der Waals surface area contributed by atoms with Crippen LogP contribution < -0.4 is 5.73 Å². The number of likely N-dealkylation sites (N-methyl/N-ethyl adjacent to an activating group) is 1. The van der Waals surface area contributed by atoms with Gasteiger partial charge in [-0.2, -0.15) is 0 Å². The van der Waals surface area contributed by atoms with Crippen molar-refractivity contribution in [2.75, 3.05) is 27.2 Å². The second-order valence-electron chi connectivity index (χ2n) is 5.10. The van der Waals surface area contributed by atoms with Gasteiger partial charge >= 0.3 is 0 Å². The molecule has 0 aliphatic carbocycles. The Kier molecular flexibility index (Phi) is 7.05. The summed E-state index contributed by atoms with van der Waals surface area (Å²) in [5, 5.41) is 0. The van der Waals surface area contributed by atoms with E-state index in [9.17, 15) is 4.79 Å². The Hall–Kier alpha value is -0.320. The molecule has 0 aromatic rings. The molecule has 5 heteroatoms. The van der Waals surface area contributed by atoms with E-state index in [-0.39, 0.29) is 30.3 Å². The maximum absolute atomic E-state index is 12.1. The number of hydrogen-bond donors (Lipinski definition) is 1. The molecule has 3 unspecified atom stereocenters. The summed E-state index contributed by atoms with van der Waals surface area (Å²) >= 11 is 0. The standard InChI is InChI=1S/C12H25N3O.ClH/c1-5-9(2)11(13)12(16)15-7-6-10(8-15)14(3)4;/h9-11H,5-8,13H2,1-4H3;1H. The highest BCUT2D eigenvalue weighted by molar-refractivity contribution is 5.85. The molecule has 1 rings (SSSR count). The Labute approximate surface area is 111 Å². The summed E-state index contributed by atoms with van der Waals surface area (Å²) in [6.07, 6.45) is 2.02. The number of hydrogen-bond acceptors (Lipinski definition) is 3. The highest BCUT2D eigenvalue weighted by atomic mass is 35.5. The van der Waals surface area contributed by atoms with E-state index in [1.54, 1.807) is 0 Å². The first-order valence-electron chi connectivity index (χ1n) is 6.18. The highest BCUT2D eigenvalue weighted by Gasteiger charge is 2.31. The lowest BCUT2D eigenvalue weighted by molar-refractivity contribution is -0.132. The molecule has 0 saturated carbocycles. The van der Waals surface area contributed by atoms with Gasteiger partial charge in [0, 0.05) is 19.1 Å². The van der Waals surface area contributed by atoms with E-state index in [1.807, 2.05) is 11.8 Å². The average Bonchev–Trinajstić information content (AvgIpc) is 2.75. The number of likely N-dealkylation sites (tertiary alicyclic amines) is 1. The van der Waals surface area contributed by atoms with Gasteiger partial charge < -0.3 is 15.5 Å². The van der Waals surface area contributed by atoms with Crippen LogP contribution >= 0.6 is 12.4 Å². The van der Waals surface area contributed by atoms with Crippen LogP contribution in [0.25, 0.3) is 0 Å². The topological polar surface area (TPSA) is 49.6 Å². The van der Waals surface area contributed by atoms with Gasteiger partial charge in [0.2, 0.25) is 5.91 Å². The first kappa shape index (κ1) is 16.7. The van der Waals surface area contributed by atoms with Crippen LogP contribution in [0.2, 0.25) is 0 Å². The number of rotatable bonds is 4. The number of carbonyl (C=O) groups is 1. The maximum Gasteiger partial charge on any atom is 0.239 e. The van der Waals surface area contributed by atoms with E-state index < -0.39 is 0 Å². The molecule has 0 radical (unpaired) electrons. The van der Waals surface area contributed by atoms with Gasteiger partial charge in [-0.15, -0.1) is 12.4 Å². The van der Waals surface area contributed by atoms with E-state index in [0.717, 1.165) is 25.9 Å². The summed E-state index contributed by atoms with van der Waals surface area (Å²) in [5.74, 6) is 0.393. The minimum atomic E-state index is -0.328. The zero-order valence-electron chi connectivity index (χ0n) is 11.3. The van der Waals surface area contributed by atoms with Crippen LogP contribution in [0, 0.1) is 5.92 Å². The fourth-order valence-electron chi connectivity index (χ4n) is 2.07. The van der Waals surface area contributed by atoms with Gasteiger partial charge in [-0.05, 0) is 26.4 Å². The molecule has 0 spiro atoms. The Morgan fingerprint density at radius 1 is 1.53 bits per heavy atom. The summed E-state index contributed by atoms with van der Waals surface area (Å²) < 4.78 is 0. The molecule has 1 fully saturated rings. The molecule has 17 heavy (non-hydrogen) atoms. The maximum atomic E-state index is 12.1. The summed E-state index contributed by atoms with van der Waals surface area (Å²) in [6, 6.07) is 0.166. The molecule has 0 aromatic heterocycles. The minimum absolute atomic E-state index is 0. The van der Waals surface area contributed by atoms with Gasteiger partial charge in [0.05, 0.1) is 6.04 Å². The second kappa shape index (κ2) is 7.19. The third kappa shape index (κ3) is 4.12. The van der Waals surface area contributed by atoms with Gasteiger partial charge in [-0.1, -0.05) is 20.3 Å². The zero-order valence-corrected chi connectivity index (χ0v) is 12.2. The minimum Gasteiger partial charge on any atom is -0.340 e. The molecular formula is C12H26ClN3O. The van der Waals surface area contributed by atoms with Crippen LogP contribution in [-0.2, 0) is 4.79 Å². The van der Waals surface area contributed by atoms with Crippen molar-refractivity contribution < 1.29 is 4.79 Å². The number of amides is 1. The van der Waals surface area contributed by atoms with Crippen LogP contribution in [0.3, 0.4) is 0 Å². The van der Waals surface area contributed by atoms with E-state index in [4.69, 9.17) is 5.73 Å². The first-order valence-corrected chi connectivity index (χ1v) is 6.18. The van der Waals surface area contributed by atoms with Crippen molar-refractivity contribution in [1.29, 1.82) is 0 Å². The number of carbonyl (C=O) groups excluding carboxylic acids is 1. The fraction of sp³-hybridized carbons (Fsp3) is 0.917. The molecule has 1 amide bonds. The summed E-state index contributed by atoms with van der Waals surface area (Å²) in [7, 11) is 4.13. The van der Waals surface area contributed by atoms with Crippen LogP contribution in [0.1, 0.15) is 26.7 Å². The SMILES string of the molecule is CCC(C)C(N)C(=O)N1CCC(N(C)C)C1.Cl. The van der Waals surface area contributed by atoms with Gasteiger partial charge in [-0.25, -0.2) is 0 Å². The highest BCUT2D eigenvalue weighted by Crippen LogP contribution is 2.16. The monoisotopic (exact) mass is 263 g/mol. The van der Waals surface area contributed by atoms with Crippen molar-refractivity contribution in [2.24, 2.45) is 11.7 Å². The van der Waals surface area contributed by atoms with Crippen molar-refractivity contribution in [3.63, 3.8) is 0 Å². The zero-order chi connectivity index (χ0) is 12.3. The molecule has 102 valence electrons. The van der Waals surface area contributed by atoms with Gasteiger partial charge in [0.15, 0.2) is 0 Å². The lowest BCUT2D eigenvalue weighted by atomic mass is 9.99. The van der Waals surface area contributed by atoms with Crippen LogP contribution in [0.5, 0.6) is 0 Å². The number of nitrogens with zero attached hydrogens (tertiary/aromatic N) is 2. The van der Waals surface area contributed by atoms with E-state index in [1.165, 1.54) is 0 Å². The Morgan fingerprint density at radius 3 is 2.53 bits per heavy atom. The number of nitrogens with two attached hydrogens (primary N) is 1. The van der Waals surface area contributed by atoms with E-state index in [0.29, 0.717) is 6.04 Å². The normalized spacial score (nSPS) is 23.4. The molecule has 1 saturated heterocycles. The van der Waals surface area contributed by atoms with Crippen LogP contribution in [0.15, 0.2) is 0 Å². The molecule has 1 aliphatic rings. The first-order chi connectivity index (χ1) is 7.47. The molecule has 3 atom stereocenters. The van der Waals surface area contributed by atoms with Crippen molar-refractivity contribution in [1.82, 2.24) is 9.80 Å². The predicted octanol–water partition coefficient (Wildman–Crippen LogP) is 0.944. The van der Waals surface area contributed by atoms with Gasteiger partial charge in [-0.3, -0.25) is 4.79 Å². The number of halogens is 1. The Balaban J connectivity index is 0.00000256. The smallest absolute Gasteiger partial charge is 0.239 e. The van der Waals surface area contributed by atoms with Crippen molar-refractivity contribution in [3.8, 4) is 0 Å². The third-order valence-electron chi connectivity index (χ3n) is 3.75. The quantitative estimate of drug-likeness (QED) is 0.822. The van der Waals surface area contributed by atoms with E-state index in [2.05, 4.69) is 25.9 Å². The van der Waals surface area contributed by atoms with Crippen molar-refractivity contribution >= 4 is 18.3 Å². The van der Waals surface area contributed by atoms with Gasteiger partial charge in [0.25, 0.3) is 0 Å². The lowest BCUT2D eigenvalue weighted by Crippen LogP contribution is -2.47. The summed E-state index contributed by atoms with van der Waals surface area (Å²) in [4.78, 5) is 16.2. The van der Waals surface area contributed by atoms with Crippen molar-refractivity contribution in [2.45, 2.75) is 38.8 Å².